The van der Waals surface area contributed by atoms with Crippen molar-refractivity contribution in [2.75, 3.05) is 13.7 Å². The molecule has 1 atom stereocenters. The minimum Gasteiger partial charge on any atom is -0.493 e. The Balaban J connectivity index is 2.05. The number of methoxy groups -OCH3 is 1. The normalized spacial score (nSPS) is 11.9. The summed E-state index contributed by atoms with van der Waals surface area (Å²) in [6.45, 7) is 6.41. The molecule has 2 aromatic carbocycles. The number of ether oxygens (including phenoxy) is 2. The Labute approximate surface area is 197 Å². The molecule has 8 heteroatoms. The van der Waals surface area contributed by atoms with E-state index in [1.165, 1.54) is 6.21 Å². The van der Waals surface area contributed by atoms with Crippen LogP contribution in [0.2, 0.25) is 0 Å². The van der Waals surface area contributed by atoms with Crippen LogP contribution in [0, 0.1) is 5.92 Å². The molecule has 0 radical (unpaired) electrons. The largest absolute Gasteiger partial charge is 0.493 e. The van der Waals surface area contributed by atoms with Gasteiger partial charge in [0.1, 0.15) is 6.04 Å². The SMILES string of the molecule is CCCCOc1c(Br)cc(/C=N/NC(=O)C(NC(=O)c2ccccc2)C(C)C)cc1OC. The maximum Gasteiger partial charge on any atom is 0.262 e. The number of amides is 2. The molecule has 0 aliphatic rings. The molecule has 0 fully saturated rings. The Bertz CT molecular complexity index is 932. The molecule has 2 amide bonds. The highest BCUT2D eigenvalue weighted by Crippen LogP contribution is 2.36. The van der Waals surface area contributed by atoms with Gasteiger partial charge in [0, 0.05) is 5.56 Å². The molecule has 172 valence electrons. The summed E-state index contributed by atoms with van der Waals surface area (Å²) in [6.07, 6.45) is 3.49. The summed E-state index contributed by atoms with van der Waals surface area (Å²) in [7, 11) is 1.57. The van der Waals surface area contributed by atoms with Crippen LogP contribution in [-0.2, 0) is 4.79 Å². The summed E-state index contributed by atoms with van der Waals surface area (Å²) in [5.74, 6) is 0.373. The molecule has 0 aliphatic heterocycles. The van der Waals surface area contributed by atoms with Gasteiger partial charge < -0.3 is 14.8 Å². The van der Waals surface area contributed by atoms with E-state index in [0.29, 0.717) is 29.2 Å². The average Bonchev–Trinajstić information content (AvgIpc) is 2.78. The zero-order chi connectivity index (χ0) is 23.5. The summed E-state index contributed by atoms with van der Waals surface area (Å²) in [5.41, 5.74) is 3.72. The first-order valence-corrected chi connectivity index (χ1v) is 11.4. The first-order valence-electron chi connectivity index (χ1n) is 10.6. The number of halogens is 1. The van der Waals surface area contributed by atoms with Crippen LogP contribution in [0.25, 0.3) is 0 Å². The highest BCUT2D eigenvalue weighted by atomic mass is 79.9. The van der Waals surface area contributed by atoms with Crippen molar-refractivity contribution in [3.8, 4) is 11.5 Å². The molecule has 0 saturated carbocycles. The predicted octanol–water partition coefficient (Wildman–Crippen LogP) is 4.54. The molecule has 2 aromatic rings. The van der Waals surface area contributed by atoms with Crippen LogP contribution in [0.15, 0.2) is 52.0 Å². The van der Waals surface area contributed by atoms with Crippen molar-refractivity contribution in [3.63, 3.8) is 0 Å². The van der Waals surface area contributed by atoms with Crippen molar-refractivity contribution in [1.82, 2.24) is 10.7 Å². The average molecular weight is 504 g/mol. The first-order chi connectivity index (χ1) is 15.4. The number of nitrogens with one attached hydrogen (secondary N) is 2. The van der Waals surface area contributed by atoms with E-state index < -0.39 is 11.9 Å². The number of rotatable bonds is 11. The number of carbonyl (C=O) groups is 2. The van der Waals surface area contributed by atoms with E-state index in [-0.39, 0.29) is 11.8 Å². The number of benzene rings is 2. The zero-order valence-corrected chi connectivity index (χ0v) is 20.4. The predicted molar refractivity (Wildman–Crippen MR) is 129 cm³/mol. The highest BCUT2D eigenvalue weighted by Gasteiger charge is 2.24. The second kappa shape index (κ2) is 12.9. The van der Waals surface area contributed by atoms with Crippen LogP contribution >= 0.6 is 15.9 Å². The van der Waals surface area contributed by atoms with Gasteiger partial charge in [0.15, 0.2) is 11.5 Å². The second-order valence-corrected chi connectivity index (χ2v) is 8.39. The van der Waals surface area contributed by atoms with Gasteiger partial charge in [-0.1, -0.05) is 45.4 Å². The van der Waals surface area contributed by atoms with Crippen molar-refractivity contribution in [2.45, 2.75) is 39.7 Å². The molecule has 0 bridgehead atoms. The minimum absolute atomic E-state index is 0.119. The van der Waals surface area contributed by atoms with E-state index in [1.807, 2.05) is 26.0 Å². The molecule has 0 aromatic heterocycles. The molecule has 0 spiro atoms. The van der Waals surface area contributed by atoms with Gasteiger partial charge in [0.2, 0.25) is 0 Å². The van der Waals surface area contributed by atoms with Gasteiger partial charge in [-0.15, -0.1) is 0 Å². The number of hydrogen-bond donors (Lipinski definition) is 2. The fourth-order valence-electron chi connectivity index (χ4n) is 2.86. The lowest BCUT2D eigenvalue weighted by molar-refractivity contribution is -0.123. The van der Waals surface area contributed by atoms with Gasteiger partial charge in [0.25, 0.3) is 11.8 Å². The standard InChI is InChI=1S/C24H30BrN3O4/c1-5-6-12-32-22-19(25)13-17(14-20(22)31-4)15-26-28-24(30)21(16(2)3)27-23(29)18-10-8-7-9-11-18/h7-11,13-16,21H,5-6,12H2,1-4H3,(H,27,29)(H,28,30)/b26-15+. The van der Waals surface area contributed by atoms with Crippen molar-refractivity contribution < 1.29 is 19.1 Å². The van der Waals surface area contributed by atoms with Crippen LogP contribution in [0.5, 0.6) is 11.5 Å². The maximum atomic E-state index is 12.6. The lowest BCUT2D eigenvalue weighted by Gasteiger charge is -2.20. The molecule has 0 heterocycles. The van der Waals surface area contributed by atoms with Gasteiger partial charge in [-0.25, -0.2) is 5.43 Å². The van der Waals surface area contributed by atoms with Crippen LogP contribution in [0.4, 0.5) is 0 Å². The van der Waals surface area contributed by atoms with E-state index >= 15 is 0 Å². The van der Waals surface area contributed by atoms with Crippen LogP contribution < -0.4 is 20.2 Å². The van der Waals surface area contributed by atoms with Gasteiger partial charge in [-0.3, -0.25) is 9.59 Å². The molecular formula is C24H30BrN3O4. The van der Waals surface area contributed by atoms with Crippen molar-refractivity contribution >= 4 is 34.0 Å². The molecule has 1 unspecified atom stereocenters. The van der Waals surface area contributed by atoms with Crippen LogP contribution in [-0.4, -0.2) is 37.8 Å². The Hall–Kier alpha value is -2.87. The van der Waals surface area contributed by atoms with Crippen molar-refractivity contribution in [3.05, 3.63) is 58.1 Å². The summed E-state index contributed by atoms with van der Waals surface area (Å²) in [4.78, 5) is 25.1. The van der Waals surface area contributed by atoms with Gasteiger partial charge in [0.05, 0.1) is 24.4 Å². The molecule has 0 aliphatic carbocycles. The zero-order valence-electron chi connectivity index (χ0n) is 18.9. The third-order valence-electron chi connectivity index (χ3n) is 4.66. The second-order valence-electron chi connectivity index (χ2n) is 7.53. The third kappa shape index (κ3) is 7.37. The van der Waals surface area contributed by atoms with Gasteiger partial charge >= 0.3 is 0 Å². The number of unbranched alkanes of at least 4 members (excludes halogenated alkanes) is 1. The molecule has 32 heavy (non-hydrogen) atoms. The smallest absolute Gasteiger partial charge is 0.262 e. The Morgan fingerprint density at radius 3 is 2.53 bits per heavy atom. The fraction of sp³-hybridized carbons (Fsp3) is 0.375. The fourth-order valence-corrected chi connectivity index (χ4v) is 3.44. The number of carbonyl (C=O) groups excluding carboxylic acids is 2. The lowest BCUT2D eigenvalue weighted by atomic mass is 10.0. The van der Waals surface area contributed by atoms with Crippen molar-refractivity contribution in [2.24, 2.45) is 11.0 Å². The van der Waals surface area contributed by atoms with Gasteiger partial charge in [-0.2, -0.15) is 5.10 Å². The van der Waals surface area contributed by atoms with Crippen molar-refractivity contribution in [1.29, 1.82) is 0 Å². The monoisotopic (exact) mass is 503 g/mol. The topological polar surface area (TPSA) is 89.0 Å². The molecule has 2 N–H and O–H groups in total. The summed E-state index contributed by atoms with van der Waals surface area (Å²) >= 11 is 3.50. The van der Waals surface area contributed by atoms with E-state index in [0.717, 1.165) is 17.3 Å². The Morgan fingerprint density at radius 1 is 1.19 bits per heavy atom. The van der Waals surface area contributed by atoms with E-state index in [1.54, 1.807) is 37.4 Å². The molecule has 2 rings (SSSR count). The minimum atomic E-state index is -0.726. The molecule has 0 saturated heterocycles. The third-order valence-corrected chi connectivity index (χ3v) is 5.25. The number of hydrazone groups is 1. The van der Waals surface area contributed by atoms with E-state index in [2.05, 4.69) is 38.7 Å². The number of nitrogens with zero attached hydrogens (tertiary/aromatic N) is 1. The molecular weight excluding hydrogens is 474 g/mol. The Kier molecular flexibility index (Phi) is 10.2. The van der Waals surface area contributed by atoms with Crippen LogP contribution in [0.1, 0.15) is 49.5 Å². The van der Waals surface area contributed by atoms with E-state index in [9.17, 15) is 9.59 Å². The Morgan fingerprint density at radius 2 is 1.91 bits per heavy atom. The first kappa shape index (κ1) is 25.4. The summed E-state index contributed by atoms with van der Waals surface area (Å²) in [5, 5.41) is 6.82. The van der Waals surface area contributed by atoms with E-state index in [4.69, 9.17) is 9.47 Å². The molecule has 7 nitrogen and oxygen atoms in total. The van der Waals surface area contributed by atoms with Crippen LogP contribution in [0.3, 0.4) is 0 Å². The maximum absolute atomic E-state index is 12.6. The lowest BCUT2D eigenvalue weighted by Crippen LogP contribution is -2.48. The summed E-state index contributed by atoms with van der Waals surface area (Å²) < 4.78 is 12.0. The quantitative estimate of drug-likeness (QED) is 0.267. The highest BCUT2D eigenvalue weighted by molar-refractivity contribution is 9.10. The van der Waals surface area contributed by atoms with Gasteiger partial charge in [-0.05, 0) is 58.1 Å². The summed E-state index contributed by atoms with van der Waals surface area (Å²) in [6, 6.07) is 11.7. The number of hydrogen-bond acceptors (Lipinski definition) is 5.